The fourth-order valence-electron chi connectivity index (χ4n) is 2.97. The number of benzene rings is 2. The molecule has 7 heteroatoms. The van der Waals surface area contributed by atoms with Crippen molar-refractivity contribution in [3.05, 3.63) is 65.2 Å². The highest BCUT2D eigenvalue weighted by Gasteiger charge is 2.74. The molecule has 1 aliphatic rings. The number of halogens is 1. The zero-order valence-corrected chi connectivity index (χ0v) is 13.5. The van der Waals surface area contributed by atoms with Gasteiger partial charge in [-0.3, -0.25) is 4.79 Å². The van der Waals surface area contributed by atoms with Gasteiger partial charge >= 0.3 is 5.97 Å². The average molecular weight is 352 g/mol. The molecule has 23 heavy (non-hydrogen) atoms. The van der Waals surface area contributed by atoms with Crippen molar-refractivity contribution in [2.45, 2.75) is 21.6 Å². The monoisotopic (exact) mass is 351 g/mol. The van der Waals surface area contributed by atoms with Gasteiger partial charge in [-0.05, 0) is 29.8 Å². The number of sulfone groups is 1. The highest BCUT2D eigenvalue weighted by Crippen LogP contribution is 2.56. The summed E-state index contributed by atoms with van der Waals surface area (Å²) in [6, 6.07) is 14.2. The van der Waals surface area contributed by atoms with Crippen LogP contribution in [-0.2, 0) is 14.6 Å². The Morgan fingerprint density at radius 3 is 2.35 bits per heavy atom. The van der Waals surface area contributed by atoms with Gasteiger partial charge in [0.15, 0.2) is 9.84 Å². The second-order valence-corrected chi connectivity index (χ2v) is 8.06. The molecule has 120 valence electrons. The summed E-state index contributed by atoms with van der Waals surface area (Å²) < 4.78 is 25.6. The maximum atomic E-state index is 12.8. The molecular formula is C16H14ClNO4S. The first-order valence-electron chi connectivity index (χ1n) is 6.86. The lowest BCUT2D eigenvalue weighted by Gasteiger charge is -2.06. The third-order valence-electron chi connectivity index (χ3n) is 4.16. The third kappa shape index (κ3) is 2.43. The maximum absolute atomic E-state index is 12.8. The summed E-state index contributed by atoms with van der Waals surface area (Å²) in [5.41, 5.74) is 4.61. The Bertz CT molecular complexity index is 869. The quantitative estimate of drug-likeness (QED) is 0.878. The first-order valence-corrected chi connectivity index (χ1v) is 8.78. The highest BCUT2D eigenvalue weighted by atomic mass is 35.5. The Morgan fingerprint density at radius 2 is 1.78 bits per heavy atom. The lowest BCUT2D eigenvalue weighted by molar-refractivity contribution is -0.139. The molecule has 0 spiro atoms. The van der Waals surface area contributed by atoms with Gasteiger partial charge in [-0.25, -0.2) is 8.42 Å². The van der Waals surface area contributed by atoms with E-state index in [0.717, 1.165) is 0 Å². The topological polar surface area (TPSA) is 97.5 Å². The van der Waals surface area contributed by atoms with Gasteiger partial charge < -0.3 is 10.8 Å². The summed E-state index contributed by atoms with van der Waals surface area (Å²) in [5.74, 6) is -2.18. The minimum absolute atomic E-state index is 0.0607. The molecule has 3 unspecified atom stereocenters. The van der Waals surface area contributed by atoms with Crippen LogP contribution in [0.2, 0.25) is 5.02 Å². The zero-order chi connectivity index (χ0) is 16.8. The van der Waals surface area contributed by atoms with E-state index in [2.05, 4.69) is 0 Å². The average Bonchev–Trinajstić information content (AvgIpc) is 3.17. The van der Waals surface area contributed by atoms with Crippen LogP contribution in [0.3, 0.4) is 0 Å². The van der Waals surface area contributed by atoms with Gasteiger partial charge in [-0.2, -0.15) is 0 Å². The highest BCUT2D eigenvalue weighted by molar-refractivity contribution is 7.92. The standard InChI is InChI=1S/C16H14ClNO4S/c17-11-6-4-5-10(9-11)13-14(16(13,18)15(19)20)23(21,22)12-7-2-1-3-8-12/h1-9,13-14H,18H2,(H,19,20). The van der Waals surface area contributed by atoms with Crippen molar-refractivity contribution in [3.63, 3.8) is 0 Å². The van der Waals surface area contributed by atoms with Crippen molar-refractivity contribution in [3.8, 4) is 0 Å². The van der Waals surface area contributed by atoms with Crippen LogP contribution in [0.15, 0.2) is 59.5 Å². The van der Waals surface area contributed by atoms with E-state index in [-0.39, 0.29) is 4.90 Å². The van der Waals surface area contributed by atoms with Crippen LogP contribution in [0.4, 0.5) is 0 Å². The largest absolute Gasteiger partial charge is 0.480 e. The van der Waals surface area contributed by atoms with Gasteiger partial charge in [-0.1, -0.05) is 41.9 Å². The minimum atomic E-state index is -3.88. The minimum Gasteiger partial charge on any atom is -0.480 e. The molecule has 0 heterocycles. The van der Waals surface area contributed by atoms with E-state index >= 15 is 0 Å². The van der Waals surface area contributed by atoms with E-state index < -0.39 is 32.5 Å². The van der Waals surface area contributed by atoms with Gasteiger partial charge in [-0.15, -0.1) is 0 Å². The number of aliphatic carboxylic acids is 1. The van der Waals surface area contributed by atoms with E-state index in [9.17, 15) is 18.3 Å². The molecule has 2 aromatic carbocycles. The number of carboxylic acids is 1. The Hall–Kier alpha value is -1.89. The summed E-state index contributed by atoms with van der Waals surface area (Å²) >= 11 is 5.93. The second-order valence-electron chi connectivity index (χ2n) is 5.55. The van der Waals surface area contributed by atoms with Crippen molar-refractivity contribution >= 4 is 27.4 Å². The molecule has 0 aromatic heterocycles. The molecule has 3 atom stereocenters. The maximum Gasteiger partial charge on any atom is 0.325 e. The Balaban J connectivity index is 2.09. The first kappa shape index (κ1) is 16.0. The van der Waals surface area contributed by atoms with Crippen LogP contribution >= 0.6 is 11.6 Å². The van der Waals surface area contributed by atoms with E-state index in [0.29, 0.717) is 10.6 Å². The zero-order valence-electron chi connectivity index (χ0n) is 11.9. The van der Waals surface area contributed by atoms with Crippen molar-refractivity contribution in [2.75, 3.05) is 0 Å². The van der Waals surface area contributed by atoms with Crippen LogP contribution in [0.1, 0.15) is 11.5 Å². The summed E-state index contributed by atoms with van der Waals surface area (Å²) in [7, 11) is -3.88. The van der Waals surface area contributed by atoms with Gasteiger partial charge in [0.1, 0.15) is 10.8 Å². The van der Waals surface area contributed by atoms with Gasteiger partial charge in [0.2, 0.25) is 0 Å². The summed E-state index contributed by atoms with van der Waals surface area (Å²) in [5, 5.41) is 8.64. The molecule has 0 amide bonds. The number of carboxylic acid groups (broad SMARTS) is 1. The molecule has 5 nitrogen and oxygen atoms in total. The predicted molar refractivity (Wildman–Crippen MR) is 86.2 cm³/mol. The smallest absolute Gasteiger partial charge is 0.325 e. The summed E-state index contributed by atoms with van der Waals surface area (Å²) in [6.07, 6.45) is 0. The van der Waals surface area contributed by atoms with E-state index in [1.807, 2.05) is 0 Å². The second kappa shape index (κ2) is 5.33. The molecular weight excluding hydrogens is 338 g/mol. The molecule has 0 aliphatic heterocycles. The fourth-order valence-corrected chi connectivity index (χ4v) is 5.42. The lowest BCUT2D eigenvalue weighted by atomic mass is 10.1. The molecule has 1 fully saturated rings. The van der Waals surface area contributed by atoms with Crippen LogP contribution < -0.4 is 5.73 Å². The van der Waals surface area contributed by atoms with E-state index in [1.54, 1.807) is 42.5 Å². The first-order chi connectivity index (χ1) is 10.8. The van der Waals surface area contributed by atoms with Gasteiger partial charge in [0, 0.05) is 10.9 Å². The number of carbonyl (C=O) groups is 1. The molecule has 3 rings (SSSR count). The number of rotatable bonds is 4. The molecule has 3 N–H and O–H groups in total. The molecule has 0 saturated heterocycles. The number of hydrogen-bond donors (Lipinski definition) is 2. The SMILES string of the molecule is NC1(C(=O)O)C(c2cccc(Cl)c2)C1S(=O)(=O)c1ccccc1. The third-order valence-corrected chi connectivity index (χ3v) is 6.66. The molecule has 0 bridgehead atoms. The van der Waals surface area contributed by atoms with Crippen LogP contribution in [0.25, 0.3) is 0 Å². The summed E-state index contributed by atoms with van der Waals surface area (Å²) in [4.78, 5) is 11.7. The van der Waals surface area contributed by atoms with Crippen LogP contribution in [0.5, 0.6) is 0 Å². The predicted octanol–water partition coefficient (Wildman–Crippen LogP) is 2.06. The van der Waals surface area contributed by atoms with Crippen molar-refractivity contribution in [1.82, 2.24) is 0 Å². The van der Waals surface area contributed by atoms with Crippen LogP contribution in [-0.4, -0.2) is 30.3 Å². The van der Waals surface area contributed by atoms with Gasteiger partial charge in [0.05, 0.1) is 4.90 Å². The molecule has 1 aliphatic carbocycles. The Morgan fingerprint density at radius 1 is 1.13 bits per heavy atom. The molecule has 0 radical (unpaired) electrons. The number of nitrogens with two attached hydrogens (primary N) is 1. The van der Waals surface area contributed by atoms with Crippen LogP contribution in [0, 0.1) is 0 Å². The fraction of sp³-hybridized carbons (Fsp3) is 0.188. The van der Waals surface area contributed by atoms with Crippen molar-refractivity contribution in [1.29, 1.82) is 0 Å². The Kier molecular flexibility index (Phi) is 3.71. The van der Waals surface area contributed by atoms with Crippen molar-refractivity contribution in [2.24, 2.45) is 5.73 Å². The summed E-state index contributed by atoms with van der Waals surface area (Å²) in [6.45, 7) is 0. The van der Waals surface area contributed by atoms with Crippen molar-refractivity contribution < 1.29 is 18.3 Å². The lowest BCUT2D eigenvalue weighted by Crippen LogP contribution is -2.39. The molecule has 1 saturated carbocycles. The van der Waals surface area contributed by atoms with E-state index in [1.165, 1.54) is 12.1 Å². The normalized spacial score (nSPS) is 26.7. The Labute approximate surface area is 138 Å². The van der Waals surface area contributed by atoms with Gasteiger partial charge in [0.25, 0.3) is 0 Å². The molecule has 2 aromatic rings. The number of hydrogen-bond acceptors (Lipinski definition) is 4. The van der Waals surface area contributed by atoms with E-state index in [4.69, 9.17) is 17.3 Å².